The van der Waals surface area contributed by atoms with Crippen LogP contribution in [-0.4, -0.2) is 112 Å². The second-order valence-electron chi connectivity index (χ2n) is 13.4. The van der Waals surface area contributed by atoms with E-state index in [0.29, 0.717) is 111 Å². The molecule has 0 aliphatic rings. The lowest BCUT2D eigenvalue weighted by atomic mass is 10.0. The lowest BCUT2D eigenvalue weighted by Gasteiger charge is -2.23. The molecule has 51 heavy (non-hydrogen) atoms. The molecule has 0 bridgehead atoms. The van der Waals surface area contributed by atoms with Crippen LogP contribution in [0.15, 0.2) is 0 Å². The summed E-state index contributed by atoms with van der Waals surface area (Å²) < 4.78 is 22.0. The van der Waals surface area contributed by atoms with Gasteiger partial charge in [-0.1, -0.05) is 77.0 Å². The van der Waals surface area contributed by atoms with Crippen molar-refractivity contribution in [2.24, 2.45) is 0 Å². The number of carboxylic acids is 1. The summed E-state index contributed by atoms with van der Waals surface area (Å²) in [4.78, 5) is 59.4. The van der Waals surface area contributed by atoms with Crippen LogP contribution in [0.1, 0.15) is 149 Å². The van der Waals surface area contributed by atoms with Crippen molar-refractivity contribution < 1.29 is 48.0 Å². The molecule has 0 fully saturated rings. The van der Waals surface area contributed by atoms with Crippen molar-refractivity contribution in [1.82, 2.24) is 10.2 Å². The van der Waals surface area contributed by atoms with Gasteiger partial charge in [-0.25, -0.2) is 0 Å². The number of rotatable bonds is 40. The lowest BCUT2D eigenvalue weighted by Crippen LogP contribution is -2.37. The molecule has 0 atom stereocenters. The molecule has 0 aliphatic heterocycles. The van der Waals surface area contributed by atoms with E-state index in [1.165, 1.54) is 71.6 Å². The van der Waals surface area contributed by atoms with E-state index in [4.69, 9.17) is 24.1 Å². The Hall–Kier alpha value is -2.41. The topological polar surface area (TPSA) is 158 Å². The third kappa shape index (κ3) is 38.6. The minimum absolute atomic E-state index is 0.0191. The van der Waals surface area contributed by atoms with Gasteiger partial charge in [-0.3, -0.25) is 24.0 Å². The van der Waals surface area contributed by atoms with E-state index >= 15 is 0 Å². The first kappa shape index (κ1) is 48.6. The SMILES string of the molecule is CC(=O)CCOCCOCCN(CCOCCOCCC(C)=O)C(=O)CCCCNC(=O)CCCCCCCCCCCCCCCCC(=O)O. The van der Waals surface area contributed by atoms with Gasteiger partial charge in [0.1, 0.15) is 11.6 Å². The fourth-order valence-corrected chi connectivity index (χ4v) is 5.35. The number of ether oxygens (including phenoxy) is 4. The van der Waals surface area contributed by atoms with E-state index in [1.807, 2.05) is 0 Å². The minimum atomic E-state index is -0.692. The van der Waals surface area contributed by atoms with Crippen LogP contribution >= 0.6 is 0 Å². The Balaban J connectivity index is 3.94. The van der Waals surface area contributed by atoms with Gasteiger partial charge in [-0.05, 0) is 39.5 Å². The van der Waals surface area contributed by atoms with Crippen LogP contribution in [0.25, 0.3) is 0 Å². The van der Waals surface area contributed by atoms with E-state index in [9.17, 15) is 24.0 Å². The maximum absolute atomic E-state index is 13.0. The van der Waals surface area contributed by atoms with E-state index in [-0.39, 0.29) is 23.4 Å². The Morgan fingerprint density at radius 3 is 1.24 bits per heavy atom. The quantitative estimate of drug-likeness (QED) is 0.0672. The molecular formula is C39H72N2O10. The normalized spacial score (nSPS) is 11.1. The summed E-state index contributed by atoms with van der Waals surface area (Å²) in [5, 5.41) is 11.6. The molecule has 2 amide bonds. The van der Waals surface area contributed by atoms with Crippen LogP contribution in [0.5, 0.6) is 0 Å². The summed E-state index contributed by atoms with van der Waals surface area (Å²) >= 11 is 0. The monoisotopic (exact) mass is 729 g/mol. The number of carbonyl (C=O) groups is 5. The molecule has 0 heterocycles. The van der Waals surface area contributed by atoms with Crippen molar-refractivity contribution in [3.05, 3.63) is 0 Å². The van der Waals surface area contributed by atoms with E-state index in [2.05, 4.69) is 5.32 Å². The van der Waals surface area contributed by atoms with Crippen LogP contribution in [0.3, 0.4) is 0 Å². The zero-order chi connectivity index (χ0) is 37.6. The van der Waals surface area contributed by atoms with Crippen LogP contribution in [0.4, 0.5) is 0 Å². The molecule has 0 aliphatic carbocycles. The molecule has 0 aromatic heterocycles. The molecule has 0 rings (SSSR count). The van der Waals surface area contributed by atoms with Gasteiger partial charge >= 0.3 is 5.97 Å². The Bertz CT molecular complexity index is 856. The molecule has 0 spiro atoms. The van der Waals surface area contributed by atoms with Crippen LogP contribution in [0.2, 0.25) is 0 Å². The molecule has 0 aromatic rings. The Labute approximate surface area is 308 Å². The van der Waals surface area contributed by atoms with E-state index in [0.717, 1.165) is 38.5 Å². The first-order chi connectivity index (χ1) is 24.7. The smallest absolute Gasteiger partial charge is 0.303 e. The summed E-state index contributed by atoms with van der Waals surface area (Å²) in [6.07, 6.45) is 19.6. The zero-order valence-electron chi connectivity index (χ0n) is 32.2. The largest absolute Gasteiger partial charge is 0.481 e. The van der Waals surface area contributed by atoms with Gasteiger partial charge in [0.2, 0.25) is 11.8 Å². The van der Waals surface area contributed by atoms with Gasteiger partial charge in [0, 0.05) is 51.7 Å². The van der Waals surface area contributed by atoms with Crippen molar-refractivity contribution in [3.8, 4) is 0 Å². The van der Waals surface area contributed by atoms with Gasteiger partial charge < -0.3 is 34.3 Å². The van der Waals surface area contributed by atoms with Crippen LogP contribution in [0, 0.1) is 0 Å². The summed E-state index contributed by atoms with van der Waals surface area (Å²) in [6, 6.07) is 0. The second-order valence-corrected chi connectivity index (χ2v) is 13.4. The highest BCUT2D eigenvalue weighted by atomic mass is 16.5. The molecule has 0 unspecified atom stereocenters. The summed E-state index contributed by atoms with van der Waals surface area (Å²) in [5.41, 5.74) is 0. The van der Waals surface area contributed by atoms with Gasteiger partial charge in [-0.2, -0.15) is 0 Å². The first-order valence-electron chi connectivity index (χ1n) is 19.8. The fraction of sp³-hybridized carbons (Fsp3) is 0.872. The number of hydrogen-bond donors (Lipinski definition) is 2. The summed E-state index contributed by atoms with van der Waals surface area (Å²) in [7, 11) is 0. The predicted molar refractivity (Wildman–Crippen MR) is 199 cm³/mol. The fourth-order valence-electron chi connectivity index (χ4n) is 5.35. The highest BCUT2D eigenvalue weighted by Crippen LogP contribution is 2.14. The van der Waals surface area contributed by atoms with Gasteiger partial charge in [0.15, 0.2) is 0 Å². The molecule has 298 valence electrons. The molecule has 12 heteroatoms. The summed E-state index contributed by atoms with van der Waals surface area (Å²) in [5.74, 6) is -0.420. The summed E-state index contributed by atoms with van der Waals surface area (Å²) in [6.45, 7) is 7.54. The van der Waals surface area contributed by atoms with Crippen LogP contribution < -0.4 is 5.32 Å². The lowest BCUT2D eigenvalue weighted by molar-refractivity contribution is -0.137. The number of ketones is 2. The van der Waals surface area contributed by atoms with Crippen molar-refractivity contribution in [1.29, 1.82) is 0 Å². The predicted octanol–water partition coefficient (Wildman–Crippen LogP) is 6.45. The van der Waals surface area contributed by atoms with Gasteiger partial charge in [0.05, 0.1) is 52.9 Å². The van der Waals surface area contributed by atoms with Crippen molar-refractivity contribution in [2.45, 2.75) is 149 Å². The third-order valence-corrected chi connectivity index (χ3v) is 8.49. The number of nitrogens with one attached hydrogen (secondary N) is 1. The number of aliphatic carboxylic acids is 1. The standard InChI is InChI=1S/C39H72N2O10/c1-35(42)22-27-48-31-33-50-29-25-41(26-30-51-34-32-49-28-23-36(2)43)38(45)20-17-18-24-40-37(44)19-15-13-11-9-7-5-3-4-6-8-10-12-14-16-21-39(46)47/h3-34H2,1-2H3,(H,40,44)(H,46,47). The zero-order valence-corrected chi connectivity index (χ0v) is 32.2. The highest BCUT2D eigenvalue weighted by Gasteiger charge is 2.13. The van der Waals surface area contributed by atoms with Crippen molar-refractivity contribution >= 4 is 29.4 Å². The second kappa shape index (κ2) is 37.4. The Morgan fingerprint density at radius 1 is 0.451 bits per heavy atom. The van der Waals surface area contributed by atoms with Crippen LogP contribution in [-0.2, 0) is 42.9 Å². The maximum atomic E-state index is 13.0. The van der Waals surface area contributed by atoms with Crippen molar-refractivity contribution in [3.63, 3.8) is 0 Å². The van der Waals surface area contributed by atoms with Crippen molar-refractivity contribution in [2.75, 3.05) is 72.5 Å². The number of unbranched alkanes of at least 4 members (excludes halogenated alkanes) is 14. The Morgan fingerprint density at radius 2 is 0.824 bits per heavy atom. The first-order valence-corrected chi connectivity index (χ1v) is 19.8. The molecule has 2 N–H and O–H groups in total. The number of nitrogens with zero attached hydrogens (tertiary/aromatic N) is 1. The molecular weight excluding hydrogens is 656 g/mol. The maximum Gasteiger partial charge on any atom is 0.303 e. The molecule has 0 saturated carbocycles. The average molecular weight is 729 g/mol. The third-order valence-electron chi connectivity index (χ3n) is 8.49. The molecule has 0 saturated heterocycles. The minimum Gasteiger partial charge on any atom is -0.481 e. The van der Waals surface area contributed by atoms with Gasteiger partial charge in [0.25, 0.3) is 0 Å². The average Bonchev–Trinajstić information content (AvgIpc) is 3.08. The Kier molecular flexibility index (Phi) is 35.6. The van der Waals surface area contributed by atoms with Gasteiger partial charge in [-0.15, -0.1) is 0 Å². The number of carbonyl (C=O) groups excluding carboxylic acids is 4. The van der Waals surface area contributed by atoms with E-state index < -0.39 is 5.97 Å². The molecule has 0 aromatic carbocycles. The number of amides is 2. The molecule has 12 nitrogen and oxygen atoms in total. The number of Topliss-reactive ketones (excluding diaryl/α,β-unsaturated/α-hetero) is 2. The highest BCUT2D eigenvalue weighted by molar-refractivity contribution is 5.77. The molecule has 0 radical (unpaired) electrons. The van der Waals surface area contributed by atoms with E-state index in [1.54, 1.807) is 4.90 Å². The number of hydrogen-bond acceptors (Lipinski definition) is 9. The number of carboxylic acid groups (broad SMARTS) is 1.